The van der Waals surface area contributed by atoms with Crippen molar-refractivity contribution in [2.45, 2.75) is 40.0 Å². The highest BCUT2D eigenvalue weighted by Crippen LogP contribution is 2.44. The molecule has 0 radical (unpaired) electrons. The normalized spacial score (nSPS) is 25.4. The van der Waals surface area contributed by atoms with Gasteiger partial charge in [-0.25, -0.2) is 0 Å². The second-order valence-corrected chi connectivity index (χ2v) is 5.09. The lowest BCUT2D eigenvalue weighted by Crippen LogP contribution is -2.24. The predicted molar refractivity (Wildman–Crippen MR) is 60.3 cm³/mol. The number of rotatable bonds is 1. The Hall–Kier alpha value is -0.920. The maximum Gasteiger partial charge on any atom is 0.157 e. The first kappa shape index (κ1) is 10.6. The Labute approximate surface area is 92.0 Å². The summed E-state index contributed by atoms with van der Waals surface area (Å²) in [4.78, 5) is 0. The van der Waals surface area contributed by atoms with Gasteiger partial charge in [0.15, 0.2) is 5.76 Å². The molecule has 1 aliphatic carbocycles. The van der Waals surface area contributed by atoms with E-state index < -0.39 is 0 Å². The summed E-state index contributed by atoms with van der Waals surface area (Å²) in [6, 6.07) is 0. The van der Waals surface area contributed by atoms with Crippen LogP contribution in [0.4, 0.5) is 0 Å². The monoisotopic (exact) mass is 208 g/mol. The van der Waals surface area contributed by atoms with Crippen molar-refractivity contribution < 1.29 is 9.47 Å². The van der Waals surface area contributed by atoms with Crippen LogP contribution < -0.4 is 0 Å². The van der Waals surface area contributed by atoms with Crippen LogP contribution in [-0.4, -0.2) is 13.2 Å². The molecule has 0 fully saturated rings. The zero-order valence-corrected chi connectivity index (χ0v) is 9.93. The van der Waals surface area contributed by atoms with Crippen molar-refractivity contribution in [1.29, 1.82) is 0 Å². The molecule has 2 aliphatic rings. The minimum Gasteiger partial charge on any atom is -0.494 e. The summed E-state index contributed by atoms with van der Waals surface area (Å²) in [6.07, 6.45) is 5.51. The molecule has 1 heterocycles. The van der Waals surface area contributed by atoms with Gasteiger partial charge in [0.1, 0.15) is 19.5 Å². The molecule has 0 aromatic rings. The van der Waals surface area contributed by atoms with E-state index in [4.69, 9.17) is 9.47 Å². The van der Waals surface area contributed by atoms with Crippen molar-refractivity contribution in [3.63, 3.8) is 0 Å². The average molecular weight is 208 g/mol. The van der Waals surface area contributed by atoms with Crippen molar-refractivity contribution in [3.8, 4) is 0 Å². The summed E-state index contributed by atoms with van der Waals surface area (Å²) in [7, 11) is 0. The van der Waals surface area contributed by atoms with Crippen LogP contribution >= 0.6 is 0 Å². The zero-order chi connectivity index (χ0) is 10.9. The van der Waals surface area contributed by atoms with Crippen LogP contribution in [0.2, 0.25) is 0 Å². The highest BCUT2D eigenvalue weighted by atomic mass is 16.6. The standard InChI is InChI=1S/C13H20O2/c1-10-5-4-6-13(2,3)12(10)11-9-14-7-8-15-11/h9H,4-8H2,1-3H3. The van der Waals surface area contributed by atoms with Gasteiger partial charge in [-0.1, -0.05) is 19.4 Å². The molecule has 15 heavy (non-hydrogen) atoms. The minimum absolute atomic E-state index is 0.231. The lowest BCUT2D eigenvalue weighted by atomic mass is 9.72. The molecular weight excluding hydrogens is 188 g/mol. The van der Waals surface area contributed by atoms with Gasteiger partial charge in [-0.2, -0.15) is 0 Å². The van der Waals surface area contributed by atoms with E-state index >= 15 is 0 Å². The van der Waals surface area contributed by atoms with E-state index in [0.29, 0.717) is 13.2 Å². The SMILES string of the molecule is CC1=C(C2=COCCO2)C(C)(C)CCC1. The maximum atomic E-state index is 5.70. The third kappa shape index (κ3) is 2.04. The van der Waals surface area contributed by atoms with E-state index in [2.05, 4.69) is 20.8 Å². The largest absolute Gasteiger partial charge is 0.494 e. The van der Waals surface area contributed by atoms with Crippen LogP contribution in [0.25, 0.3) is 0 Å². The van der Waals surface area contributed by atoms with Crippen LogP contribution in [0.15, 0.2) is 23.2 Å². The van der Waals surface area contributed by atoms with Crippen LogP contribution in [0.5, 0.6) is 0 Å². The lowest BCUT2D eigenvalue weighted by Gasteiger charge is -2.36. The first-order chi connectivity index (χ1) is 7.11. The molecule has 0 bridgehead atoms. The molecule has 0 aromatic carbocycles. The third-order valence-electron chi connectivity index (χ3n) is 3.35. The van der Waals surface area contributed by atoms with Crippen LogP contribution in [0, 0.1) is 5.41 Å². The Morgan fingerprint density at radius 2 is 2.07 bits per heavy atom. The first-order valence-corrected chi connectivity index (χ1v) is 5.76. The van der Waals surface area contributed by atoms with Gasteiger partial charge in [0.05, 0.1) is 0 Å². The highest BCUT2D eigenvalue weighted by molar-refractivity contribution is 5.37. The van der Waals surface area contributed by atoms with Gasteiger partial charge in [-0.15, -0.1) is 0 Å². The summed E-state index contributed by atoms with van der Waals surface area (Å²) in [5.74, 6) is 0.962. The third-order valence-corrected chi connectivity index (χ3v) is 3.35. The van der Waals surface area contributed by atoms with Gasteiger partial charge in [0, 0.05) is 5.57 Å². The van der Waals surface area contributed by atoms with Crippen molar-refractivity contribution in [3.05, 3.63) is 23.2 Å². The number of ether oxygens (including phenoxy) is 2. The van der Waals surface area contributed by atoms with E-state index in [1.807, 2.05) is 0 Å². The summed E-state index contributed by atoms with van der Waals surface area (Å²) in [5.41, 5.74) is 3.06. The van der Waals surface area contributed by atoms with Crippen molar-refractivity contribution in [2.24, 2.45) is 5.41 Å². The van der Waals surface area contributed by atoms with Crippen LogP contribution in [0.1, 0.15) is 40.0 Å². The molecule has 0 saturated carbocycles. The van der Waals surface area contributed by atoms with E-state index in [0.717, 1.165) is 5.76 Å². The highest BCUT2D eigenvalue weighted by Gasteiger charge is 2.32. The fraction of sp³-hybridized carbons (Fsp3) is 0.692. The van der Waals surface area contributed by atoms with Gasteiger partial charge >= 0.3 is 0 Å². The molecule has 2 rings (SSSR count). The summed E-state index contributed by atoms with van der Waals surface area (Å²) in [5, 5.41) is 0. The van der Waals surface area contributed by atoms with Crippen molar-refractivity contribution in [2.75, 3.05) is 13.2 Å². The molecule has 0 amide bonds. The average Bonchev–Trinajstić information content (AvgIpc) is 2.17. The summed E-state index contributed by atoms with van der Waals surface area (Å²) in [6.45, 7) is 8.16. The Balaban J connectivity index is 2.34. The van der Waals surface area contributed by atoms with Crippen molar-refractivity contribution in [1.82, 2.24) is 0 Å². The molecule has 1 aliphatic heterocycles. The summed E-state index contributed by atoms with van der Waals surface area (Å²) < 4.78 is 11.1. The van der Waals surface area contributed by atoms with E-state index in [1.165, 1.54) is 30.4 Å². The Bertz CT molecular complexity index is 310. The number of allylic oxidation sites excluding steroid dienone is 2. The fourth-order valence-corrected chi connectivity index (χ4v) is 2.67. The van der Waals surface area contributed by atoms with E-state index in [-0.39, 0.29) is 5.41 Å². The quantitative estimate of drug-likeness (QED) is 0.657. The Kier molecular flexibility index (Phi) is 2.76. The van der Waals surface area contributed by atoms with Crippen LogP contribution in [-0.2, 0) is 9.47 Å². The van der Waals surface area contributed by atoms with E-state index in [1.54, 1.807) is 6.26 Å². The van der Waals surface area contributed by atoms with Gasteiger partial charge in [-0.05, 0) is 31.6 Å². The second-order valence-electron chi connectivity index (χ2n) is 5.09. The van der Waals surface area contributed by atoms with E-state index in [9.17, 15) is 0 Å². The zero-order valence-electron chi connectivity index (χ0n) is 9.93. The Morgan fingerprint density at radius 3 is 2.67 bits per heavy atom. The van der Waals surface area contributed by atoms with Crippen molar-refractivity contribution >= 4 is 0 Å². The first-order valence-electron chi connectivity index (χ1n) is 5.76. The Morgan fingerprint density at radius 1 is 1.27 bits per heavy atom. The lowest BCUT2D eigenvalue weighted by molar-refractivity contribution is 0.0828. The smallest absolute Gasteiger partial charge is 0.157 e. The molecule has 2 nitrogen and oxygen atoms in total. The molecule has 84 valence electrons. The van der Waals surface area contributed by atoms with Gasteiger partial charge in [0.2, 0.25) is 0 Å². The fourth-order valence-electron chi connectivity index (χ4n) is 2.67. The molecule has 0 atom stereocenters. The molecule has 0 saturated heterocycles. The number of hydrogen-bond acceptors (Lipinski definition) is 2. The molecule has 0 unspecified atom stereocenters. The minimum atomic E-state index is 0.231. The topological polar surface area (TPSA) is 18.5 Å². The van der Waals surface area contributed by atoms with Gasteiger partial charge in [0.25, 0.3) is 0 Å². The number of hydrogen-bond donors (Lipinski definition) is 0. The van der Waals surface area contributed by atoms with Gasteiger partial charge < -0.3 is 9.47 Å². The second kappa shape index (κ2) is 3.92. The molecule has 2 heteroatoms. The summed E-state index contributed by atoms with van der Waals surface area (Å²) >= 11 is 0. The molecule has 0 N–H and O–H groups in total. The van der Waals surface area contributed by atoms with Gasteiger partial charge in [-0.3, -0.25) is 0 Å². The molecule has 0 aromatic heterocycles. The molecular formula is C13H20O2. The molecule has 0 spiro atoms. The predicted octanol–water partition coefficient (Wildman–Crippen LogP) is 3.40. The van der Waals surface area contributed by atoms with Crippen LogP contribution in [0.3, 0.4) is 0 Å². The maximum absolute atomic E-state index is 5.70.